The molecule has 0 atom stereocenters. The van der Waals surface area contributed by atoms with Crippen LogP contribution in [0, 0.1) is 3.57 Å². The summed E-state index contributed by atoms with van der Waals surface area (Å²) in [4.78, 5) is 2.35. The van der Waals surface area contributed by atoms with Crippen LogP contribution < -0.4 is 5.73 Å². The van der Waals surface area contributed by atoms with Crippen molar-refractivity contribution in [3.05, 3.63) is 51.6 Å². The van der Waals surface area contributed by atoms with Crippen molar-refractivity contribution in [1.82, 2.24) is 0 Å². The van der Waals surface area contributed by atoms with E-state index >= 15 is 0 Å². The maximum absolute atomic E-state index is 6.05. The highest BCUT2D eigenvalue weighted by Gasteiger charge is 2.02. The summed E-state index contributed by atoms with van der Waals surface area (Å²) in [7, 11) is 0. The summed E-state index contributed by atoms with van der Waals surface area (Å²) in [5.41, 5.74) is 8.21. The Bertz CT molecular complexity index is 508. The summed E-state index contributed by atoms with van der Waals surface area (Å²) in [6.07, 6.45) is 1.03. The van der Waals surface area contributed by atoms with Gasteiger partial charge in [-0.2, -0.15) is 0 Å². The lowest BCUT2D eigenvalue weighted by Gasteiger charge is -2.07. The summed E-state index contributed by atoms with van der Waals surface area (Å²) < 4.78 is 1.25. The van der Waals surface area contributed by atoms with Crippen LogP contribution in [0.4, 0.5) is 5.69 Å². The van der Waals surface area contributed by atoms with Crippen molar-refractivity contribution in [2.24, 2.45) is 0 Å². The number of hydrogen-bond donors (Lipinski definition) is 1. The van der Waals surface area contributed by atoms with Gasteiger partial charge in [0.1, 0.15) is 0 Å². The number of aryl methyl sites for hydroxylation is 1. The van der Waals surface area contributed by atoms with Crippen LogP contribution in [0.1, 0.15) is 12.5 Å². The molecule has 0 heterocycles. The van der Waals surface area contributed by atoms with Crippen LogP contribution in [0.3, 0.4) is 0 Å². The van der Waals surface area contributed by atoms with Gasteiger partial charge in [0.2, 0.25) is 0 Å². The molecule has 17 heavy (non-hydrogen) atoms. The van der Waals surface area contributed by atoms with Gasteiger partial charge < -0.3 is 5.73 Å². The normalized spacial score (nSPS) is 10.5. The summed E-state index contributed by atoms with van der Waals surface area (Å²) >= 11 is 4.02. The Morgan fingerprint density at radius 2 is 1.82 bits per heavy atom. The molecule has 0 fully saturated rings. The molecule has 2 aromatic rings. The molecule has 0 aliphatic rings. The molecular weight excluding hydrogens is 341 g/mol. The molecule has 0 bridgehead atoms. The fraction of sp³-hybridized carbons (Fsp3) is 0.143. The van der Waals surface area contributed by atoms with Crippen LogP contribution >= 0.6 is 34.4 Å². The summed E-state index contributed by atoms with van der Waals surface area (Å²) in [6.45, 7) is 2.14. The van der Waals surface area contributed by atoms with Crippen molar-refractivity contribution < 1.29 is 0 Å². The minimum atomic E-state index is 0.868. The van der Waals surface area contributed by atoms with Gasteiger partial charge in [0.25, 0.3) is 0 Å². The molecule has 2 aromatic carbocycles. The van der Waals surface area contributed by atoms with E-state index in [1.54, 1.807) is 11.8 Å². The minimum absolute atomic E-state index is 0.868. The van der Waals surface area contributed by atoms with Gasteiger partial charge in [0.05, 0.1) is 0 Å². The second kappa shape index (κ2) is 5.78. The predicted molar refractivity (Wildman–Crippen MR) is 83.5 cm³/mol. The number of benzene rings is 2. The number of hydrogen-bond acceptors (Lipinski definition) is 2. The average molecular weight is 355 g/mol. The first kappa shape index (κ1) is 12.8. The van der Waals surface area contributed by atoms with Crippen LogP contribution in [-0.4, -0.2) is 0 Å². The van der Waals surface area contributed by atoms with Crippen molar-refractivity contribution in [3.63, 3.8) is 0 Å². The summed E-state index contributed by atoms with van der Waals surface area (Å²) in [5.74, 6) is 0. The first-order valence-corrected chi connectivity index (χ1v) is 7.40. The number of nitrogens with two attached hydrogens (primary N) is 1. The lowest BCUT2D eigenvalue weighted by atomic mass is 10.1. The number of halogens is 1. The molecule has 0 amide bonds. The first-order valence-electron chi connectivity index (χ1n) is 5.51. The van der Waals surface area contributed by atoms with E-state index in [0.29, 0.717) is 0 Å². The first-order chi connectivity index (χ1) is 8.19. The Balaban J connectivity index is 2.21. The molecule has 0 saturated heterocycles. The van der Waals surface area contributed by atoms with Gasteiger partial charge >= 0.3 is 0 Å². The highest BCUT2D eigenvalue weighted by molar-refractivity contribution is 14.1. The molecule has 0 aromatic heterocycles. The monoisotopic (exact) mass is 355 g/mol. The predicted octanol–water partition coefficient (Wildman–Crippen LogP) is 4.59. The second-order valence-electron chi connectivity index (χ2n) is 3.78. The highest BCUT2D eigenvalue weighted by atomic mass is 127. The van der Waals surface area contributed by atoms with Crippen molar-refractivity contribution in [3.8, 4) is 0 Å². The lowest BCUT2D eigenvalue weighted by Crippen LogP contribution is -1.90. The van der Waals surface area contributed by atoms with E-state index in [9.17, 15) is 0 Å². The molecule has 0 spiro atoms. The molecule has 88 valence electrons. The van der Waals surface area contributed by atoms with Crippen LogP contribution in [0.15, 0.2) is 52.3 Å². The standard InChI is InChI=1S/C14H14INS/c1-2-10-3-8-14(13(16)9-10)17-12-6-4-11(15)5-7-12/h3-9H,2,16H2,1H3. The third-order valence-corrected chi connectivity index (χ3v) is 4.34. The fourth-order valence-electron chi connectivity index (χ4n) is 1.54. The van der Waals surface area contributed by atoms with Gasteiger partial charge in [-0.15, -0.1) is 0 Å². The van der Waals surface area contributed by atoms with E-state index in [1.807, 2.05) is 0 Å². The third-order valence-electron chi connectivity index (χ3n) is 2.52. The third kappa shape index (κ3) is 3.39. The topological polar surface area (TPSA) is 26.0 Å². The van der Waals surface area contributed by atoms with Crippen LogP contribution in [0.25, 0.3) is 0 Å². The maximum Gasteiger partial charge on any atom is 0.0458 e. The number of nitrogen functional groups attached to an aromatic ring is 1. The van der Waals surface area contributed by atoms with Crippen molar-refractivity contribution in [2.45, 2.75) is 23.1 Å². The minimum Gasteiger partial charge on any atom is -0.398 e. The largest absolute Gasteiger partial charge is 0.398 e. The Kier molecular flexibility index (Phi) is 4.34. The molecule has 0 aliphatic carbocycles. The summed E-state index contributed by atoms with van der Waals surface area (Å²) in [6, 6.07) is 14.8. The Morgan fingerprint density at radius 3 is 2.41 bits per heavy atom. The zero-order valence-electron chi connectivity index (χ0n) is 9.61. The van der Waals surface area contributed by atoms with Gasteiger partial charge in [-0.05, 0) is 71.0 Å². The number of rotatable bonds is 3. The quantitative estimate of drug-likeness (QED) is 0.644. The maximum atomic E-state index is 6.05. The zero-order chi connectivity index (χ0) is 12.3. The number of anilines is 1. The van der Waals surface area contributed by atoms with E-state index < -0.39 is 0 Å². The molecule has 0 aliphatic heterocycles. The average Bonchev–Trinajstić information content (AvgIpc) is 2.34. The highest BCUT2D eigenvalue weighted by Crippen LogP contribution is 2.32. The molecule has 2 rings (SSSR count). The Labute approximate surface area is 120 Å². The SMILES string of the molecule is CCc1ccc(Sc2ccc(I)cc2)c(N)c1. The molecular formula is C14H14INS. The van der Waals surface area contributed by atoms with Crippen molar-refractivity contribution >= 4 is 40.0 Å². The van der Waals surface area contributed by atoms with E-state index in [2.05, 4.69) is 72.0 Å². The fourth-order valence-corrected chi connectivity index (χ4v) is 2.74. The molecule has 3 heteroatoms. The summed E-state index contributed by atoms with van der Waals surface area (Å²) in [5, 5.41) is 0. The second-order valence-corrected chi connectivity index (χ2v) is 6.14. The van der Waals surface area contributed by atoms with E-state index in [4.69, 9.17) is 5.73 Å². The van der Waals surface area contributed by atoms with Crippen LogP contribution in [0.5, 0.6) is 0 Å². The van der Waals surface area contributed by atoms with E-state index in [-0.39, 0.29) is 0 Å². The Morgan fingerprint density at radius 1 is 1.12 bits per heavy atom. The molecule has 0 radical (unpaired) electrons. The molecule has 0 unspecified atom stereocenters. The van der Waals surface area contributed by atoms with Crippen molar-refractivity contribution in [1.29, 1.82) is 0 Å². The zero-order valence-corrected chi connectivity index (χ0v) is 12.6. The molecule has 0 saturated carbocycles. The van der Waals surface area contributed by atoms with Gasteiger partial charge in [-0.1, -0.05) is 24.8 Å². The molecule has 2 N–H and O–H groups in total. The lowest BCUT2D eigenvalue weighted by molar-refractivity contribution is 1.13. The van der Waals surface area contributed by atoms with Gasteiger partial charge in [0, 0.05) is 19.0 Å². The smallest absolute Gasteiger partial charge is 0.0458 e. The van der Waals surface area contributed by atoms with Gasteiger partial charge in [-0.25, -0.2) is 0 Å². The van der Waals surface area contributed by atoms with Crippen molar-refractivity contribution in [2.75, 3.05) is 5.73 Å². The van der Waals surface area contributed by atoms with Crippen LogP contribution in [0.2, 0.25) is 0 Å². The van der Waals surface area contributed by atoms with Gasteiger partial charge in [-0.3, -0.25) is 0 Å². The van der Waals surface area contributed by atoms with E-state index in [1.165, 1.54) is 14.0 Å². The Hall–Kier alpha value is -0.680. The molecule has 1 nitrogen and oxygen atoms in total. The van der Waals surface area contributed by atoms with Gasteiger partial charge in [0.15, 0.2) is 0 Å². The van der Waals surface area contributed by atoms with E-state index in [0.717, 1.165) is 17.0 Å². The van der Waals surface area contributed by atoms with Crippen LogP contribution in [-0.2, 0) is 6.42 Å².